The van der Waals surface area contributed by atoms with E-state index < -0.39 is 0 Å². The number of aromatic nitrogens is 2. The predicted octanol–water partition coefficient (Wildman–Crippen LogP) is 4.45. The molecule has 158 valence electrons. The SMILES string of the molecule is COc1ccc(CC(=O)Nc2ccnn2Cc2ccc(Cl)cc2Cl)c(OC)c1OC. The molecule has 0 saturated heterocycles. The zero-order valence-electron chi connectivity index (χ0n) is 16.7. The van der Waals surface area contributed by atoms with Crippen molar-refractivity contribution in [2.45, 2.75) is 13.0 Å². The van der Waals surface area contributed by atoms with Gasteiger partial charge in [-0.05, 0) is 23.8 Å². The van der Waals surface area contributed by atoms with Crippen molar-refractivity contribution in [2.24, 2.45) is 0 Å². The molecular formula is C21H21Cl2N3O4. The van der Waals surface area contributed by atoms with Crippen LogP contribution in [0, 0.1) is 0 Å². The molecule has 30 heavy (non-hydrogen) atoms. The Morgan fingerprint density at radius 1 is 1.00 bits per heavy atom. The van der Waals surface area contributed by atoms with E-state index in [0.29, 0.717) is 45.2 Å². The number of nitrogens with one attached hydrogen (secondary N) is 1. The molecule has 2 aromatic carbocycles. The summed E-state index contributed by atoms with van der Waals surface area (Å²) in [6, 6.07) is 10.5. The Morgan fingerprint density at radius 3 is 2.40 bits per heavy atom. The van der Waals surface area contributed by atoms with Crippen molar-refractivity contribution in [3.8, 4) is 17.2 Å². The number of amides is 1. The number of carbonyl (C=O) groups excluding carboxylic acids is 1. The van der Waals surface area contributed by atoms with Crippen LogP contribution in [0.5, 0.6) is 17.2 Å². The summed E-state index contributed by atoms with van der Waals surface area (Å²) in [7, 11) is 4.58. The topological polar surface area (TPSA) is 74.6 Å². The first-order chi connectivity index (χ1) is 14.5. The summed E-state index contributed by atoms with van der Waals surface area (Å²) >= 11 is 12.2. The number of halogens is 2. The molecule has 0 radical (unpaired) electrons. The highest BCUT2D eigenvalue weighted by Crippen LogP contribution is 2.40. The predicted molar refractivity (Wildman–Crippen MR) is 116 cm³/mol. The van der Waals surface area contributed by atoms with Crippen LogP contribution in [0.15, 0.2) is 42.6 Å². The minimum atomic E-state index is -0.232. The van der Waals surface area contributed by atoms with Crippen LogP contribution in [0.3, 0.4) is 0 Å². The summed E-state index contributed by atoms with van der Waals surface area (Å²) in [6.45, 7) is 0.387. The van der Waals surface area contributed by atoms with Gasteiger partial charge in [-0.3, -0.25) is 4.79 Å². The van der Waals surface area contributed by atoms with Gasteiger partial charge in [0.1, 0.15) is 5.82 Å². The van der Waals surface area contributed by atoms with Crippen LogP contribution in [0.4, 0.5) is 5.82 Å². The van der Waals surface area contributed by atoms with Crippen molar-refractivity contribution in [3.63, 3.8) is 0 Å². The van der Waals surface area contributed by atoms with Crippen LogP contribution in [0.2, 0.25) is 10.0 Å². The van der Waals surface area contributed by atoms with E-state index in [2.05, 4.69) is 10.4 Å². The lowest BCUT2D eigenvalue weighted by atomic mass is 10.1. The number of anilines is 1. The fraction of sp³-hybridized carbons (Fsp3) is 0.238. The minimum Gasteiger partial charge on any atom is -0.493 e. The van der Waals surface area contributed by atoms with Gasteiger partial charge < -0.3 is 19.5 Å². The molecule has 1 amide bonds. The summed E-state index contributed by atoms with van der Waals surface area (Å²) < 4.78 is 17.7. The molecule has 3 rings (SSSR count). The molecule has 7 nitrogen and oxygen atoms in total. The third-order valence-corrected chi connectivity index (χ3v) is 5.04. The average Bonchev–Trinajstić information content (AvgIpc) is 3.15. The molecule has 0 atom stereocenters. The molecule has 0 fully saturated rings. The van der Waals surface area contributed by atoms with Crippen LogP contribution in [0.1, 0.15) is 11.1 Å². The summed E-state index contributed by atoms with van der Waals surface area (Å²) in [4.78, 5) is 12.7. The number of ether oxygens (including phenoxy) is 3. The molecule has 0 aliphatic rings. The molecule has 1 N–H and O–H groups in total. The van der Waals surface area contributed by atoms with Gasteiger partial charge in [0.25, 0.3) is 0 Å². The number of methoxy groups -OCH3 is 3. The fourth-order valence-electron chi connectivity index (χ4n) is 3.04. The zero-order valence-corrected chi connectivity index (χ0v) is 18.3. The maximum Gasteiger partial charge on any atom is 0.230 e. The zero-order chi connectivity index (χ0) is 21.7. The van der Waals surface area contributed by atoms with Crippen molar-refractivity contribution >= 4 is 34.9 Å². The van der Waals surface area contributed by atoms with E-state index in [1.165, 1.54) is 21.3 Å². The first kappa shape index (κ1) is 21.8. The summed E-state index contributed by atoms with van der Waals surface area (Å²) in [5, 5.41) is 8.23. The number of hydrogen-bond acceptors (Lipinski definition) is 5. The van der Waals surface area contributed by atoms with Crippen LogP contribution < -0.4 is 19.5 Å². The lowest BCUT2D eigenvalue weighted by molar-refractivity contribution is -0.115. The summed E-state index contributed by atoms with van der Waals surface area (Å²) in [5.74, 6) is 1.73. The maximum atomic E-state index is 12.7. The van der Waals surface area contributed by atoms with E-state index >= 15 is 0 Å². The van der Waals surface area contributed by atoms with Gasteiger partial charge in [-0.1, -0.05) is 35.3 Å². The van der Waals surface area contributed by atoms with Gasteiger partial charge in [-0.15, -0.1) is 0 Å². The number of nitrogens with zero attached hydrogens (tertiary/aromatic N) is 2. The Labute approximate surface area is 184 Å². The highest BCUT2D eigenvalue weighted by atomic mass is 35.5. The van der Waals surface area contributed by atoms with Crippen LogP contribution in [-0.4, -0.2) is 37.0 Å². The minimum absolute atomic E-state index is 0.0798. The Morgan fingerprint density at radius 2 is 1.73 bits per heavy atom. The van der Waals surface area contributed by atoms with E-state index in [4.69, 9.17) is 37.4 Å². The quantitative estimate of drug-likeness (QED) is 0.549. The van der Waals surface area contributed by atoms with Crippen molar-refractivity contribution < 1.29 is 19.0 Å². The first-order valence-corrected chi connectivity index (χ1v) is 9.75. The van der Waals surface area contributed by atoms with Gasteiger partial charge >= 0.3 is 0 Å². The number of carbonyl (C=O) groups is 1. The standard InChI is InChI=1S/C21H21Cl2N3O4/c1-28-17-7-5-13(20(29-2)21(17)30-3)10-19(27)25-18-8-9-24-26(18)12-14-4-6-15(22)11-16(14)23/h4-9,11H,10,12H2,1-3H3,(H,25,27). The molecule has 0 spiro atoms. The molecular weight excluding hydrogens is 429 g/mol. The summed E-state index contributed by atoms with van der Waals surface area (Å²) in [6.07, 6.45) is 1.69. The molecule has 0 aliphatic carbocycles. The van der Waals surface area contributed by atoms with E-state index in [-0.39, 0.29) is 12.3 Å². The van der Waals surface area contributed by atoms with E-state index in [9.17, 15) is 4.79 Å². The fourth-order valence-corrected chi connectivity index (χ4v) is 3.51. The third kappa shape index (κ3) is 4.80. The van der Waals surface area contributed by atoms with Crippen LogP contribution in [0.25, 0.3) is 0 Å². The van der Waals surface area contributed by atoms with Crippen molar-refractivity contribution in [2.75, 3.05) is 26.6 Å². The van der Waals surface area contributed by atoms with Gasteiger partial charge in [0.15, 0.2) is 11.5 Å². The lowest BCUT2D eigenvalue weighted by Gasteiger charge is -2.16. The van der Waals surface area contributed by atoms with Crippen molar-refractivity contribution in [1.82, 2.24) is 9.78 Å². The van der Waals surface area contributed by atoms with Gasteiger partial charge in [0.2, 0.25) is 11.7 Å². The molecule has 1 aromatic heterocycles. The monoisotopic (exact) mass is 449 g/mol. The molecule has 0 unspecified atom stereocenters. The molecule has 0 bridgehead atoms. The van der Waals surface area contributed by atoms with E-state index in [1.807, 2.05) is 6.07 Å². The van der Waals surface area contributed by atoms with Gasteiger partial charge in [-0.25, -0.2) is 4.68 Å². The first-order valence-electron chi connectivity index (χ1n) is 9.00. The maximum absolute atomic E-state index is 12.7. The highest BCUT2D eigenvalue weighted by Gasteiger charge is 2.18. The molecule has 1 heterocycles. The number of benzene rings is 2. The van der Waals surface area contributed by atoms with Gasteiger partial charge in [-0.2, -0.15) is 5.10 Å². The largest absolute Gasteiger partial charge is 0.493 e. The highest BCUT2D eigenvalue weighted by molar-refractivity contribution is 6.35. The normalized spacial score (nSPS) is 10.6. The van der Waals surface area contributed by atoms with E-state index in [0.717, 1.165) is 5.56 Å². The second-order valence-electron chi connectivity index (χ2n) is 6.33. The van der Waals surface area contributed by atoms with Crippen molar-refractivity contribution in [3.05, 3.63) is 63.8 Å². The van der Waals surface area contributed by atoms with Gasteiger partial charge in [0, 0.05) is 21.7 Å². The smallest absolute Gasteiger partial charge is 0.230 e. The second-order valence-corrected chi connectivity index (χ2v) is 7.17. The Bertz CT molecular complexity index is 1050. The molecule has 9 heteroatoms. The number of rotatable bonds is 8. The lowest BCUT2D eigenvalue weighted by Crippen LogP contribution is -2.18. The molecule has 0 saturated carbocycles. The van der Waals surface area contributed by atoms with Gasteiger partial charge in [0.05, 0.1) is 40.5 Å². The number of hydrogen-bond donors (Lipinski definition) is 1. The average molecular weight is 450 g/mol. The molecule has 0 aliphatic heterocycles. The van der Waals surface area contributed by atoms with E-state index in [1.54, 1.807) is 41.2 Å². The second kappa shape index (κ2) is 9.73. The van der Waals surface area contributed by atoms with Crippen LogP contribution in [-0.2, 0) is 17.8 Å². The Hall–Kier alpha value is -2.90. The molecule has 3 aromatic rings. The summed E-state index contributed by atoms with van der Waals surface area (Å²) in [5.41, 5.74) is 1.50. The Kier molecular flexibility index (Phi) is 7.07. The Balaban J connectivity index is 1.76. The van der Waals surface area contributed by atoms with Crippen LogP contribution >= 0.6 is 23.2 Å². The third-order valence-electron chi connectivity index (χ3n) is 4.46. The van der Waals surface area contributed by atoms with Crippen molar-refractivity contribution in [1.29, 1.82) is 0 Å².